The van der Waals surface area contributed by atoms with Crippen LogP contribution in [0.4, 0.5) is 10.5 Å². The highest BCUT2D eigenvalue weighted by Crippen LogP contribution is 2.35. The van der Waals surface area contributed by atoms with Gasteiger partial charge in [-0.05, 0) is 78.2 Å². The van der Waals surface area contributed by atoms with Crippen molar-refractivity contribution < 1.29 is 23.9 Å². The summed E-state index contributed by atoms with van der Waals surface area (Å²) in [7, 11) is 1.49. The Labute approximate surface area is 214 Å². The van der Waals surface area contributed by atoms with Gasteiger partial charge >= 0.3 is 0 Å². The summed E-state index contributed by atoms with van der Waals surface area (Å²) in [5.74, 6) is 0.168. The average Bonchev–Trinajstić information content (AvgIpc) is 3.13. The van der Waals surface area contributed by atoms with E-state index in [1.165, 1.54) is 12.0 Å². The summed E-state index contributed by atoms with van der Waals surface area (Å²) in [6.45, 7) is 4.03. The third-order valence-corrected chi connectivity index (χ3v) is 6.60. The summed E-state index contributed by atoms with van der Waals surface area (Å²) in [6.07, 6.45) is 1.65. The number of nitrogens with zero attached hydrogens (tertiary/aromatic N) is 1. The van der Waals surface area contributed by atoms with Crippen molar-refractivity contribution in [2.75, 3.05) is 19.0 Å². The molecule has 3 aromatic rings. The van der Waals surface area contributed by atoms with Crippen LogP contribution in [0.1, 0.15) is 22.3 Å². The predicted octanol–water partition coefficient (Wildman–Crippen LogP) is 5.57. The Morgan fingerprint density at radius 1 is 0.972 bits per heavy atom. The van der Waals surface area contributed by atoms with E-state index in [1.807, 2.05) is 62.4 Å². The van der Waals surface area contributed by atoms with Crippen molar-refractivity contribution in [3.8, 4) is 11.5 Å². The number of nitrogens with one attached hydrogen (secondary N) is 1. The highest BCUT2D eigenvalue weighted by molar-refractivity contribution is 8.18. The van der Waals surface area contributed by atoms with Gasteiger partial charge in [-0.2, -0.15) is 0 Å². The van der Waals surface area contributed by atoms with Gasteiger partial charge in [0.25, 0.3) is 17.1 Å². The lowest BCUT2D eigenvalue weighted by Crippen LogP contribution is -2.27. The van der Waals surface area contributed by atoms with Crippen molar-refractivity contribution >= 4 is 40.6 Å². The SMILES string of the molecule is COc1cc(/C=C2/SC(=O)N(Cc3ccccc3)C2=O)ccc1OCC(=O)Nc1ccc(C)c(C)c1. The lowest BCUT2D eigenvalue weighted by atomic mass is 10.1. The van der Waals surface area contributed by atoms with Gasteiger partial charge in [-0.3, -0.25) is 19.3 Å². The van der Waals surface area contributed by atoms with Gasteiger partial charge in [-0.15, -0.1) is 0 Å². The summed E-state index contributed by atoms with van der Waals surface area (Å²) in [4.78, 5) is 39.2. The quantitative estimate of drug-likeness (QED) is 0.406. The number of anilines is 1. The molecule has 1 aliphatic heterocycles. The molecule has 1 aliphatic rings. The molecule has 0 atom stereocenters. The Hall–Kier alpha value is -4.04. The molecule has 4 rings (SSSR count). The molecule has 0 aliphatic carbocycles. The van der Waals surface area contributed by atoms with E-state index in [-0.39, 0.29) is 30.2 Å². The van der Waals surface area contributed by atoms with Crippen molar-refractivity contribution in [1.82, 2.24) is 4.90 Å². The van der Waals surface area contributed by atoms with E-state index in [9.17, 15) is 14.4 Å². The maximum Gasteiger partial charge on any atom is 0.293 e. The van der Waals surface area contributed by atoms with Gasteiger partial charge in [0.05, 0.1) is 18.6 Å². The first-order valence-electron chi connectivity index (χ1n) is 11.3. The minimum absolute atomic E-state index is 0.193. The molecule has 7 nitrogen and oxygen atoms in total. The van der Waals surface area contributed by atoms with Crippen molar-refractivity contribution in [3.05, 3.63) is 93.9 Å². The van der Waals surface area contributed by atoms with Crippen LogP contribution >= 0.6 is 11.8 Å². The monoisotopic (exact) mass is 502 g/mol. The molecular formula is C28H26N2O5S. The van der Waals surface area contributed by atoms with Crippen LogP contribution in [0, 0.1) is 13.8 Å². The second kappa shape index (κ2) is 11.1. The first-order chi connectivity index (χ1) is 17.3. The molecule has 0 radical (unpaired) electrons. The largest absolute Gasteiger partial charge is 0.493 e. The van der Waals surface area contributed by atoms with Crippen LogP contribution in [-0.4, -0.2) is 35.7 Å². The van der Waals surface area contributed by atoms with Crippen LogP contribution in [0.5, 0.6) is 11.5 Å². The van der Waals surface area contributed by atoms with Crippen LogP contribution in [0.2, 0.25) is 0 Å². The average molecular weight is 503 g/mol. The predicted molar refractivity (Wildman–Crippen MR) is 141 cm³/mol. The summed E-state index contributed by atoms with van der Waals surface area (Å²) in [5.41, 5.74) is 4.49. The van der Waals surface area contributed by atoms with E-state index in [1.54, 1.807) is 24.3 Å². The Morgan fingerprint density at radius 2 is 1.75 bits per heavy atom. The zero-order chi connectivity index (χ0) is 25.7. The second-order valence-electron chi connectivity index (χ2n) is 8.30. The first kappa shape index (κ1) is 25.1. The standard InChI is InChI=1S/C28H26N2O5S/c1-18-9-11-22(13-19(18)2)29-26(31)17-35-23-12-10-21(14-24(23)34-3)15-25-27(32)30(28(33)36-25)16-20-7-5-4-6-8-20/h4-15H,16-17H2,1-3H3,(H,29,31)/b25-15+. The third kappa shape index (κ3) is 5.95. The van der Waals surface area contributed by atoms with Gasteiger partial charge in [0.1, 0.15) is 0 Å². The van der Waals surface area contributed by atoms with Crippen LogP contribution < -0.4 is 14.8 Å². The molecule has 0 saturated carbocycles. The minimum atomic E-state index is -0.337. The number of carbonyl (C=O) groups is 3. The van der Waals surface area contributed by atoms with E-state index >= 15 is 0 Å². The third-order valence-electron chi connectivity index (χ3n) is 5.69. The molecule has 1 fully saturated rings. The Kier molecular flexibility index (Phi) is 7.75. The molecule has 8 heteroatoms. The van der Waals surface area contributed by atoms with E-state index in [0.29, 0.717) is 27.7 Å². The molecule has 3 amide bonds. The van der Waals surface area contributed by atoms with Crippen LogP contribution in [-0.2, 0) is 16.1 Å². The van der Waals surface area contributed by atoms with Crippen molar-refractivity contribution in [3.63, 3.8) is 0 Å². The highest BCUT2D eigenvalue weighted by Gasteiger charge is 2.35. The van der Waals surface area contributed by atoms with Crippen LogP contribution in [0.25, 0.3) is 6.08 Å². The fourth-order valence-corrected chi connectivity index (χ4v) is 4.44. The number of ether oxygens (including phenoxy) is 2. The lowest BCUT2D eigenvalue weighted by Gasteiger charge is -2.13. The van der Waals surface area contributed by atoms with Crippen LogP contribution in [0.3, 0.4) is 0 Å². The molecule has 1 N–H and O–H groups in total. The maximum absolute atomic E-state index is 12.8. The number of hydrogen-bond acceptors (Lipinski definition) is 6. The zero-order valence-corrected chi connectivity index (χ0v) is 21.1. The van der Waals surface area contributed by atoms with Gasteiger partial charge < -0.3 is 14.8 Å². The Balaban J connectivity index is 1.41. The van der Waals surface area contributed by atoms with E-state index in [2.05, 4.69) is 5.32 Å². The molecule has 1 heterocycles. The summed E-state index contributed by atoms with van der Waals surface area (Å²) in [6, 6.07) is 20.2. The number of methoxy groups -OCH3 is 1. The maximum atomic E-state index is 12.8. The molecule has 3 aromatic carbocycles. The summed E-state index contributed by atoms with van der Waals surface area (Å²) < 4.78 is 11.1. The number of hydrogen-bond donors (Lipinski definition) is 1. The number of thioether (sulfide) groups is 1. The number of rotatable bonds is 8. The summed E-state index contributed by atoms with van der Waals surface area (Å²) >= 11 is 0.904. The number of aryl methyl sites for hydroxylation is 2. The summed E-state index contributed by atoms with van der Waals surface area (Å²) in [5, 5.41) is 2.51. The van der Waals surface area contributed by atoms with Gasteiger partial charge in [0, 0.05) is 5.69 Å². The first-order valence-corrected chi connectivity index (χ1v) is 12.1. The molecule has 0 aromatic heterocycles. The molecule has 0 spiro atoms. The number of benzene rings is 3. The lowest BCUT2D eigenvalue weighted by molar-refractivity contribution is -0.123. The smallest absolute Gasteiger partial charge is 0.293 e. The molecule has 0 unspecified atom stereocenters. The Morgan fingerprint density at radius 3 is 2.47 bits per heavy atom. The number of carbonyl (C=O) groups excluding carboxylic acids is 3. The van der Waals surface area contributed by atoms with Crippen molar-refractivity contribution in [2.24, 2.45) is 0 Å². The van der Waals surface area contributed by atoms with Crippen molar-refractivity contribution in [1.29, 1.82) is 0 Å². The van der Waals surface area contributed by atoms with E-state index < -0.39 is 0 Å². The van der Waals surface area contributed by atoms with Gasteiger partial charge in [0.2, 0.25) is 0 Å². The van der Waals surface area contributed by atoms with Crippen molar-refractivity contribution in [2.45, 2.75) is 20.4 Å². The van der Waals surface area contributed by atoms with E-state index in [4.69, 9.17) is 9.47 Å². The normalized spacial score (nSPS) is 14.3. The van der Waals surface area contributed by atoms with Gasteiger partial charge in [0.15, 0.2) is 18.1 Å². The highest BCUT2D eigenvalue weighted by atomic mass is 32.2. The molecule has 1 saturated heterocycles. The van der Waals surface area contributed by atoms with E-state index in [0.717, 1.165) is 28.5 Å². The fraction of sp³-hybridized carbons (Fsp3) is 0.179. The van der Waals surface area contributed by atoms with Gasteiger partial charge in [-0.25, -0.2) is 0 Å². The minimum Gasteiger partial charge on any atom is -0.493 e. The topological polar surface area (TPSA) is 84.9 Å². The number of amides is 3. The fourth-order valence-electron chi connectivity index (χ4n) is 3.61. The van der Waals surface area contributed by atoms with Crippen LogP contribution in [0.15, 0.2) is 71.6 Å². The molecule has 184 valence electrons. The second-order valence-corrected chi connectivity index (χ2v) is 9.29. The molecular weight excluding hydrogens is 476 g/mol. The molecule has 36 heavy (non-hydrogen) atoms. The van der Waals surface area contributed by atoms with Gasteiger partial charge in [-0.1, -0.05) is 42.5 Å². The molecule has 0 bridgehead atoms. The number of imide groups is 1. The Bertz CT molecular complexity index is 1340. The zero-order valence-electron chi connectivity index (χ0n) is 20.2.